The van der Waals surface area contributed by atoms with Gasteiger partial charge in [0.05, 0.1) is 17.7 Å². The molecule has 2 rings (SSSR count). The maximum atomic E-state index is 9.15. The first-order valence-corrected chi connectivity index (χ1v) is 5.31. The zero-order valence-electron chi connectivity index (χ0n) is 9.74. The summed E-state index contributed by atoms with van der Waals surface area (Å²) in [4.78, 5) is 0. The van der Waals surface area contributed by atoms with Crippen LogP contribution in [0, 0.1) is 18.3 Å². The largest absolute Gasteiger partial charge is 0.492 e. The molecular weight excluding hydrogens is 200 g/mol. The fourth-order valence-electron chi connectivity index (χ4n) is 2.01. The van der Waals surface area contributed by atoms with E-state index in [4.69, 9.17) is 10.00 Å². The molecule has 0 aliphatic carbocycles. The first kappa shape index (κ1) is 10.6. The van der Waals surface area contributed by atoms with Gasteiger partial charge in [-0.05, 0) is 19.9 Å². The standard InChI is InChI=1S/C13H14N2O/c1-4-16-12-7-5-6-10-11(8-14)9(2)15(3)13(10)12/h5-7H,4H2,1-3H3. The van der Waals surface area contributed by atoms with Gasteiger partial charge in [0.25, 0.3) is 0 Å². The Morgan fingerprint density at radius 1 is 1.44 bits per heavy atom. The van der Waals surface area contributed by atoms with E-state index in [0.29, 0.717) is 6.61 Å². The maximum Gasteiger partial charge on any atom is 0.143 e. The third-order valence-electron chi connectivity index (χ3n) is 2.88. The van der Waals surface area contributed by atoms with Crippen molar-refractivity contribution in [2.24, 2.45) is 7.05 Å². The Bertz CT molecular complexity index is 576. The molecule has 0 spiro atoms. The van der Waals surface area contributed by atoms with Gasteiger partial charge >= 0.3 is 0 Å². The van der Waals surface area contributed by atoms with Gasteiger partial charge in [0.1, 0.15) is 11.8 Å². The summed E-state index contributed by atoms with van der Waals surface area (Å²) < 4.78 is 7.60. The van der Waals surface area contributed by atoms with Crippen LogP contribution >= 0.6 is 0 Å². The highest BCUT2D eigenvalue weighted by Crippen LogP contribution is 2.31. The maximum absolute atomic E-state index is 9.15. The molecule has 0 aliphatic heterocycles. The summed E-state index contributed by atoms with van der Waals surface area (Å²) in [6.45, 7) is 4.54. The molecule has 0 bridgehead atoms. The molecule has 0 radical (unpaired) electrons. The average Bonchev–Trinajstić information content (AvgIpc) is 2.53. The van der Waals surface area contributed by atoms with Crippen LogP contribution in [0.4, 0.5) is 0 Å². The number of hydrogen-bond donors (Lipinski definition) is 0. The molecule has 1 heterocycles. The summed E-state index contributed by atoms with van der Waals surface area (Å²) in [5.41, 5.74) is 2.71. The summed E-state index contributed by atoms with van der Waals surface area (Å²) in [6.07, 6.45) is 0. The van der Waals surface area contributed by atoms with Crippen LogP contribution in [0.2, 0.25) is 0 Å². The number of aromatic nitrogens is 1. The molecule has 1 aromatic heterocycles. The minimum atomic E-state index is 0.630. The highest BCUT2D eigenvalue weighted by molar-refractivity contribution is 5.92. The van der Waals surface area contributed by atoms with Crippen molar-refractivity contribution in [3.8, 4) is 11.8 Å². The van der Waals surface area contributed by atoms with E-state index < -0.39 is 0 Å². The molecule has 0 saturated heterocycles. The summed E-state index contributed by atoms with van der Waals surface area (Å²) >= 11 is 0. The van der Waals surface area contributed by atoms with E-state index in [1.54, 1.807) is 0 Å². The van der Waals surface area contributed by atoms with E-state index in [1.807, 2.05) is 43.7 Å². The number of rotatable bonds is 2. The first-order chi connectivity index (χ1) is 7.70. The van der Waals surface area contributed by atoms with Crippen LogP contribution in [-0.2, 0) is 7.05 Å². The van der Waals surface area contributed by atoms with Gasteiger partial charge in [-0.2, -0.15) is 5.26 Å². The number of aryl methyl sites for hydroxylation is 1. The monoisotopic (exact) mass is 214 g/mol. The number of hydrogen-bond acceptors (Lipinski definition) is 2. The van der Waals surface area contributed by atoms with Crippen molar-refractivity contribution >= 4 is 10.9 Å². The molecule has 0 fully saturated rings. The molecule has 16 heavy (non-hydrogen) atoms. The van der Waals surface area contributed by atoms with Crippen molar-refractivity contribution in [2.75, 3.05) is 6.61 Å². The lowest BCUT2D eigenvalue weighted by Gasteiger charge is -2.06. The number of fused-ring (bicyclic) bond motifs is 1. The third-order valence-corrected chi connectivity index (χ3v) is 2.88. The van der Waals surface area contributed by atoms with Gasteiger partial charge < -0.3 is 9.30 Å². The van der Waals surface area contributed by atoms with Gasteiger partial charge in [-0.25, -0.2) is 0 Å². The molecular formula is C13H14N2O. The second kappa shape index (κ2) is 3.90. The lowest BCUT2D eigenvalue weighted by atomic mass is 10.1. The molecule has 1 aromatic carbocycles. The lowest BCUT2D eigenvalue weighted by molar-refractivity contribution is 0.343. The van der Waals surface area contributed by atoms with Gasteiger partial charge in [0.2, 0.25) is 0 Å². The number of nitrogens with zero attached hydrogens (tertiary/aromatic N) is 2. The summed E-state index contributed by atoms with van der Waals surface area (Å²) in [6, 6.07) is 8.07. The Morgan fingerprint density at radius 3 is 2.81 bits per heavy atom. The molecule has 0 amide bonds. The molecule has 0 aliphatic rings. The van der Waals surface area contributed by atoms with Gasteiger partial charge in [0.15, 0.2) is 0 Å². The Balaban J connectivity index is 2.84. The van der Waals surface area contributed by atoms with Crippen molar-refractivity contribution in [3.05, 3.63) is 29.5 Å². The van der Waals surface area contributed by atoms with E-state index in [0.717, 1.165) is 27.9 Å². The first-order valence-electron chi connectivity index (χ1n) is 5.31. The van der Waals surface area contributed by atoms with Gasteiger partial charge in [-0.15, -0.1) is 0 Å². The fourth-order valence-corrected chi connectivity index (χ4v) is 2.01. The zero-order valence-corrected chi connectivity index (χ0v) is 9.74. The van der Waals surface area contributed by atoms with Gasteiger partial charge in [0, 0.05) is 18.1 Å². The van der Waals surface area contributed by atoms with Crippen LogP contribution in [0.5, 0.6) is 5.75 Å². The molecule has 82 valence electrons. The number of para-hydroxylation sites is 1. The lowest BCUT2D eigenvalue weighted by Crippen LogP contribution is -1.96. The van der Waals surface area contributed by atoms with Crippen LogP contribution in [0.1, 0.15) is 18.2 Å². The van der Waals surface area contributed by atoms with E-state index in [1.165, 1.54) is 0 Å². The van der Waals surface area contributed by atoms with E-state index in [9.17, 15) is 0 Å². The normalized spacial score (nSPS) is 10.4. The highest BCUT2D eigenvalue weighted by Gasteiger charge is 2.14. The van der Waals surface area contributed by atoms with Gasteiger partial charge in [-0.3, -0.25) is 0 Å². The summed E-state index contributed by atoms with van der Waals surface area (Å²) in [5.74, 6) is 0.840. The zero-order chi connectivity index (χ0) is 11.7. The quantitative estimate of drug-likeness (QED) is 0.771. The predicted octanol–water partition coefficient (Wildman–Crippen LogP) is 2.76. The second-order valence-electron chi connectivity index (χ2n) is 3.72. The van der Waals surface area contributed by atoms with Crippen LogP contribution < -0.4 is 4.74 Å². The molecule has 3 nitrogen and oxygen atoms in total. The second-order valence-corrected chi connectivity index (χ2v) is 3.72. The third kappa shape index (κ3) is 1.35. The minimum Gasteiger partial charge on any atom is -0.492 e. The smallest absolute Gasteiger partial charge is 0.143 e. The molecule has 0 saturated carbocycles. The summed E-state index contributed by atoms with van der Waals surface area (Å²) in [5, 5.41) is 10.1. The van der Waals surface area contributed by atoms with Crippen molar-refractivity contribution in [1.29, 1.82) is 5.26 Å². The Hall–Kier alpha value is -1.95. The van der Waals surface area contributed by atoms with Crippen LogP contribution in [0.15, 0.2) is 18.2 Å². The highest BCUT2D eigenvalue weighted by atomic mass is 16.5. The van der Waals surface area contributed by atoms with Crippen molar-refractivity contribution < 1.29 is 4.74 Å². The van der Waals surface area contributed by atoms with E-state index in [2.05, 4.69) is 6.07 Å². The Kier molecular flexibility index (Phi) is 2.57. The molecule has 0 atom stereocenters. The van der Waals surface area contributed by atoms with Crippen LogP contribution in [-0.4, -0.2) is 11.2 Å². The van der Waals surface area contributed by atoms with E-state index >= 15 is 0 Å². The minimum absolute atomic E-state index is 0.630. The van der Waals surface area contributed by atoms with E-state index in [-0.39, 0.29) is 0 Å². The molecule has 2 aromatic rings. The molecule has 3 heteroatoms. The predicted molar refractivity (Wildman–Crippen MR) is 63.5 cm³/mol. The van der Waals surface area contributed by atoms with Gasteiger partial charge in [-0.1, -0.05) is 12.1 Å². The SMILES string of the molecule is CCOc1cccc2c(C#N)c(C)n(C)c12. The summed E-state index contributed by atoms with van der Waals surface area (Å²) in [7, 11) is 1.96. The fraction of sp³-hybridized carbons (Fsp3) is 0.308. The van der Waals surface area contributed by atoms with Crippen LogP contribution in [0.3, 0.4) is 0 Å². The van der Waals surface area contributed by atoms with Crippen molar-refractivity contribution in [2.45, 2.75) is 13.8 Å². The van der Waals surface area contributed by atoms with Crippen molar-refractivity contribution in [3.63, 3.8) is 0 Å². The number of benzene rings is 1. The number of nitriles is 1. The van der Waals surface area contributed by atoms with Crippen LogP contribution in [0.25, 0.3) is 10.9 Å². The average molecular weight is 214 g/mol. The topological polar surface area (TPSA) is 37.9 Å². The Labute approximate surface area is 94.9 Å². The molecule has 0 unspecified atom stereocenters. The Morgan fingerprint density at radius 2 is 2.19 bits per heavy atom. The van der Waals surface area contributed by atoms with Crippen molar-refractivity contribution in [1.82, 2.24) is 4.57 Å². The molecule has 0 N–H and O–H groups in total. The number of ether oxygens (including phenoxy) is 1.